The standard InChI is InChI=1S/C24H23ClF5N3O4/c25-16-4-5-18-15(9-16)10-19(37-18)24(29,30)22(35)32-17(12-33-7-1-2-8-33)21(34)14-3-6-20(31-11-14)36-13-23(26,27)28/h3-6,9-11,17,21,34H,1-2,7-8,12-13H2,(H,32,35). The Kier molecular flexibility index (Phi) is 7.91. The maximum Gasteiger partial charge on any atom is 0.422 e. The van der Waals surface area contributed by atoms with Gasteiger partial charge in [-0.2, -0.15) is 22.0 Å². The van der Waals surface area contributed by atoms with E-state index in [4.69, 9.17) is 16.0 Å². The van der Waals surface area contributed by atoms with E-state index in [-0.39, 0.29) is 23.6 Å². The first-order valence-electron chi connectivity index (χ1n) is 11.4. The maximum atomic E-state index is 15.1. The molecule has 0 aliphatic carbocycles. The van der Waals surface area contributed by atoms with Crippen molar-refractivity contribution in [3.05, 3.63) is 58.9 Å². The monoisotopic (exact) mass is 547 g/mol. The summed E-state index contributed by atoms with van der Waals surface area (Å²) < 4.78 is 77.0. The predicted molar refractivity (Wildman–Crippen MR) is 123 cm³/mol. The first-order chi connectivity index (χ1) is 17.4. The third-order valence-corrected chi connectivity index (χ3v) is 6.14. The molecule has 1 aliphatic rings. The van der Waals surface area contributed by atoms with Crippen LogP contribution in [0.3, 0.4) is 0 Å². The first-order valence-corrected chi connectivity index (χ1v) is 11.7. The van der Waals surface area contributed by atoms with E-state index in [1.165, 1.54) is 24.3 Å². The smallest absolute Gasteiger partial charge is 0.422 e. The lowest BCUT2D eigenvalue weighted by Crippen LogP contribution is -2.50. The summed E-state index contributed by atoms with van der Waals surface area (Å²) in [7, 11) is 0. The molecule has 4 rings (SSSR count). The molecule has 1 saturated heterocycles. The summed E-state index contributed by atoms with van der Waals surface area (Å²) in [6, 6.07) is 6.51. The van der Waals surface area contributed by atoms with Crippen LogP contribution in [0.25, 0.3) is 11.0 Å². The largest absolute Gasteiger partial charge is 0.468 e. The summed E-state index contributed by atoms with van der Waals surface area (Å²) in [6.45, 7) is -0.172. The van der Waals surface area contributed by atoms with Gasteiger partial charge in [0.15, 0.2) is 12.4 Å². The number of aliphatic hydroxyl groups is 1. The molecule has 1 aliphatic heterocycles. The van der Waals surface area contributed by atoms with Crippen LogP contribution >= 0.6 is 11.6 Å². The van der Waals surface area contributed by atoms with Gasteiger partial charge < -0.3 is 24.5 Å². The number of hydrogen-bond donors (Lipinski definition) is 2. The van der Waals surface area contributed by atoms with Crippen LogP contribution in [0.1, 0.15) is 30.3 Å². The molecule has 1 amide bonds. The maximum absolute atomic E-state index is 15.1. The Bertz CT molecular complexity index is 1230. The molecule has 2 N–H and O–H groups in total. The van der Waals surface area contributed by atoms with Crippen molar-refractivity contribution in [2.24, 2.45) is 0 Å². The van der Waals surface area contributed by atoms with Crippen molar-refractivity contribution in [2.75, 3.05) is 26.2 Å². The van der Waals surface area contributed by atoms with Crippen molar-refractivity contribution in [1.29, 1.82) is 0 Å². The number of amides is 1. The molecule has 3 aromatic rings. The number of nitrogens with zero attached hydrogens (tertiary/aromatic N) is 2. The fourth-order valence-electron chi connectivity index (χ4n) is 4.05. The molecule has 13 heteroatoms. The number of aromatic nitrogens is 1. The zero-order valence-electron chi connectivity index (χ0n) is 19.3. The van der Waals surface area contributed by atoms with E-state index in [0.29, 0.717) is 23.5 Å². The van der Waals surface area contributed by atoms with Gasteiger partial charge in [-0.25, -0.2) is 4.98 Å². The Hall–Kier alpha value is -2.96. The third-order valence-electron chi connectivity index (χ3n) is 5.91. The number of rotatable bonds is 9. The van der Waals surface area contributed by atoms with Crippen molar-refractivity contribution >= 4 is 28.5 Å². The Morgan fingerprint density at radius 3 is 2.54 bits per heavy atom. The number of hydrogen-bond acceptors (Lipinski definition) is 6. The lowest BCUT2D eigenvalue weighted by atomic mass is 10.0. The lowest BCUT2D eigenvalue weighted by Gasteiger charge is -2.29. The summed E-state index contributed by atoms with van der Waals surface area (Å²) in [5, 5.41) is 13.8. The highest BCUT2D eigenvalue weighted by Gasteiger charge is 2.46. The summed E-state index contributed by atoms with van der Waals surface area (Å²) in [5.41, 5.74) is 0.227. The fraction of sp³-hybridized carbons (Fsp3) is 0.417. The number of furan rings is 1. The molecule has 37 heavy (non-hydrogen) atoms. The number of benzene rings is 1. The van der Waals surface area contributed by atoms with E-state index in [1.54, 1.807) is 0 Å². The number of alkyl halides is 5. The van der Waals surface area contributed by atoms with Crippen LogP contribution in [0.5, 0.6) is 5.88 Å². The second-order valence-corrected chi connectivity index (χ2v) is 9.17. The Morgan fingerprint density at radius 1 is 1.16 bits per heavy atom. The SMILES string of the molecule is O=C(NC(CN1CCCC1)C(O)c1ccc(OCC(F)(F)F)nc1)C(F)(F)c1cc2cc(Cl)ccc2o1. The van der Waals surface area contributed by atoms with E-state index < -0.39 is 42.5 Å². The highest BCUT2D eigenvalue weighted by atomic mass is 35.5. The molecule has 0 spiro atoms. The number of ether oxygens (including phenoxy) is 1. The molecule has 3 heterocycles. The van der Waals surface area contributed by atoms with Crippen molar-refractivity contribution in [3.63, 3.8) is 0 Å². The number of carbonyl (C=O) groups excluding carboxylic acids is 1. The molecular weight excluding hydrogens is 525 g/mol. The first kappa shape index (κ1) is 27.1. The van der Waals surface area contributed by atoms with Crippen LogP contribution in [0.4, 0.5) is 22.0 Å². The number of carbonyl (C=O) groups is 1. The van der Waals surface area contributed by atoms with Gasteiger partial charge in [-0.05, 0) is 56.3 Å². The molecule has 2 aromatic heterocycles. The van der Waals surface area contributed by atoms with Gasteiger partial charge in [-0.3, -0.25) is 4.79 Å². The number of fused-ring (bicyclic) bond motifs is 1. The topological polar surface area (TPSA) is 87.8 Å². The second-order valence-electron chi connectivity index (χ2n) is 8.73. The zero-order chi connectivity index (χ0) is 26.8. The summed E-state index contributed by atoms with van der Waals surface area (Å²) in [5.74, 6) is -6.96. The number of aliphatic hydroxyl groups excluding tert-OH is 1. The summed E-state index contributed by atoms with van der Waals surface area (Å²) in [6.07, 6.45) is -3.22. The second kappa shape index (κ2) is 10.8. The van der Waals surface area contributed by atoms with E-state index in [9.17, 15) is 23.1 Å². The number of likely N-dealkylation sites (tertiary alicyclic amines) is 1. The van der Waals surface area contributed by atoms with Crippen LogP contribution < -0.4 is 10.1 Å². The van der Waals surface area contributed by atoms with Gasteiger partial charge in [-0.1, -0.05) is 11.6 Å². The minimum absolute atomic E-state index is 0.0606. The predicted octanol–water partition coefficient (Wildman–Crippen LogP) is 4.83. The van der Waals surface area contributed by atoms with Gasteiger partial charge in [-0.15, -0.1) is 0 Å². The molecule has 1 aromatic carbocycles. The van der Waals surface area contributed by atoms with Crippen LogP contribution in [0.15, 0.2) is 47.0 Å². The Morgan fingerprint density at radius 2 is 1.89 bits per heavy atom. The highest BCUT2D eigenvalue weighted by molar-refractivity contribution is 6.31. The van der Waals surface area contributed by atoms with Crippen LogP contribution in [-0.2, 0) is 10.7 Å². The van der Waals surface area contributed by atoms with Crippen molar-refractivity contribution in [1.82, 2.24) is 15.2 Å². The van der Waals surface area contributed by atoms with Crippen LogP contribution in [0, 0.1) is 0 Å². The average Bonchev–Trinajstić information content (AvgIpc) is 3.51. The van der Waals surface area contributed by atoms with Crippen molar-refractivity contribution in [2.45, 2.75) is 37.1 Å². The van der Waals surface area contributed by atoms with Crippen LogP contribution in [0.2, 0.25) is 5.02 Å². The number of pyridine rings is 1. The van der Waals surface area contributed by atoms with Gasteiger partial charge in [0.1, 0.15) is 11.7 Å². The average molecular weight is 548 g/mol. The molecule has 0 radical (unpaired) electrons. The lowest BCUT2D eigenvalue weighted by molar-refractivity contribution is -0.154. The molecule has 200 valence electrons. The molecule has 2 atom stereocenters. The summed E-state index contributed by atoms with van der Waals surface area (Å²) >= 11 is 5.89. The number of nitrogens with one attached hydrogen (secondary N) is 1. The minimum atomic E-state index is -4.55. The third kappa shape index (κ3) is 6.68. The minimum Gasteiger partial charge on any atom is -0.468 e. The Labute approximate surface area is 213 Å². The summed E-state index contributed by atoms with van der Waals surface area (Å²) in [4.78, 5) is 18.4. The number of halogens is 6. The van der Waals surface area contributed by atoms with Gasteiger partial charge in [0, 0.05) is 34.8 Å². The van der Waals surface area contributed by atoms with Crippen molar-refractivity contribution < 1.29 is 41.0 Å². The van der Waals surface area contributed by atoms with Gasteiger partial charge in [0.05, 0.1) is 6.04 Å². The molecular formula is C24H23ClF5N3O4. The molecule has 2 unspecified atom stereocenters. The Balaban J connectivity index is 1.52. The fourth-order valence-corrected chi connectivity index (χ4v) is 4.23. The molecule has 1 fully saturated rings. The van der Waals surface area contributed by atoms with Gasteiger partial charge in [0.2, 0.25) is 5.88 Å². The van der Waals surface area contributed by atoms with E-state index in [1.807, 2.05) is 4.90 Å². The van der Waals surface area contributed by atoms with Crippen LogP contribution in [-0.4, -0.2) is 59.4 Å². The van der Waals surface area contributed by atoms with Gasteiger partial charge >= 0.3 is 12.1 Å². The molecule has 7 nitrogen and oxygen atoms in total. The van der Waals surface area contributed by atoms with E-state index in [0.717, 1.165) is 31.2 Å². The highest BCUT2D eigenvalue weighted by Crippen LogP contribution is 2.34. The van der Waals surface area contributed by atoms with Gasteiger partial charge in [0.25, 0.3) is 5.91 Å². The van der Waals surface area contributed by atoms with E-state index in [2.05, 4.69) is 15.0 Å². The van der Waals surface area contributed by atoms with E-state index >= 15 is 8.78 Å². The molecule has 0 bridgehead atoms. The quantitative estimate of drug-likeness (QED) is 0.373. The normalized spacial score (nSPS) is 16.6. The zero-order valence-corrected chi connectivity index (χ0v) is 20.0. The molecule has 0 saturated carbocycles. The van der Waals surface area contributed by atoms with Crippen molar-refractivity contribution in [3.8, 4) is 5.88 Å².